The van der Waals surface area contributed by atoms with Gasteiger partial charge in [0.05, 0.1) is 0 Å². The Morgan fingerprint density at radius 2 is 1.82 bits per heavy atom. The van der Waals surface area contributed by atoms with Crippen molar-refractivity contribution in [2.75, 3.05) is 13.1 Å². The van der Waals surface area contributed by atoms with Gasteiger partial charge in [-0.25, -0.2) is 0 Å². The minimum Gasteiger partial charge on any atom is -0.327 e. The van der Waals surface area contributed by atoms with Crippen LogP contribution in [-0.2, 0) is 0 Å². The molecule has 3 rings (SSSR count). The van der Waals surface area contributed by atoms with Crippen LogP contribution in [0.1, 0.15) is 19.8 Å². The zero-order valence-corrected chi connectivity index (χ0v) is 7.09. The first-order chi connectivity index (χ1) is 5.21. The van der Waals surface area contributed by atoms with Gasteiger partial charge in [-0.2, -0.15) is 0 Å². The number of hydrogen-bond donors (Lipinski definition) is 1. The maximum absolute atomic E-state index is 5.87. The predicted octanol–water partition coefficient (Wildman–Crippen LogP) is 0.428. The van der Waals surface area contributed by atoms with Crippen molar-refractivity contribution in [1.82, 2.24) is 4.90 Å². The Morgan fingerprint density at radius 1 is 1.27 bits per heavy atom. The van der Waals surface area contributed by atoms with Crippen LogP contribution in [-0.4, -0.2) is 29.6 Å². The first kappa shape index (κ1) is 6.44. The Morgan fingerprint density at radius 3 is 2.27 bits per heavy atom. The zero-order valence-electron chi connectivity index (χ0n) is 7.09. The van der Waals surface area contributed by atoms with Crippen LogP contribution in [0.2, 0.25) is 0 Å². The summed E-state index contributed by atoms with van der Waals surface area (Å²) in [5, 5.41) is 0. The third kappa shape index (κ3) is 0.744. The number of hydrogen-bond acceptors (Lipinski definition) is 2. The lowest BCUT2D eigenvalue weighted by atomic mass is 10.2. The second kappa shape index (κ2) is 1.64. The molecule has 0 spiro atoms. The van der Waals surface area contributed by atoms with E-state index in [0.717, 1.165) is 11.8 Å². The van der Waals surface area contributed by atoms with E-state index in [-0.39, 0.29) is 0 Å². The van der Waals surface area contributed by atoms with Gasteiger partial charge in [0.15, 0.2) is 0 Å². The maximum Gasteiger partial charge on any atom is 0.0183 e. The van der Waals surface area contributed by atoms with Gasteiger partial charge in [-0.1, -0.05) is 0 Å². The van der Waals surface area contributed by atoms with E-state index in [1.807, 2.05) is 0 Å². The van der Waals surface area contributed by atoms with E-state index < -0.39 is 0 Å². The first-order valence-corrected chi connectivity index (χ1v) is 4.71. The molecule has 0 aromatic rings. The van der Waals surface area contributed by atoms with Crippen molar-refractivity contribution in [1.29, 1.82) is 0 Å². The fourth-order valence-electron chi connectivity index (χ4n) is 2.51. The Hall–Kier alpha value is -0.0800. The zero-order chi connectivity index (χ0) is 7.64. The lowest BCUT2D eigenvalue weighted by Crippen LogP contribution is -2.37. The maximum atomic E-state index is 5.87. The highest BCUT2D eigenvalue weighted by atomic mass is 15.3. The normalized spacial score (nSPS) is 52.4. The fourth-order valence-corrected chi connectivity index (χ4v) is 2.51. The first-order valence-electron chi connectivity index (χ1n) is 4.71. The van der Waals surface area contributed by atoms with Crippen molar-refractivity contribution in [2.24, 2.45) is 17.6 Å². The Labute approximate surface area is 67.7 Å². The molecule has 3 aliphatic rings. The van der Waals surface area contributed by atoms with Gasteiger partial charge in [-0.3, -0.25) is 4.90 Å². The summed E-state index contributed by atoms with van der Waals surface area (Å²) in [6.07, 6.45) is 2.84. The molecule has 0 aromatic carbocycles. The average Bonchev–Trinajstić information content (AvgIpc) is 2.81. The number of likely N-dealkylation sites (tertiary alicyclic amines) is 1. The number of nitrogens with zero attached hydrogens (tertiary/aromatic N) is 1. The van der Waals surface area contributed by atoms with Gasteiger partial charge < -0.3 is 5.73 Å². The second-order valence-corrected chi connectivity index (χ2v) is 4.81. The summed E-state index contributed by atoms with van der Waals surface area (Å²) in [4.78, 5) is 2.66. The molecule has 3 fully saturated rings. The molecule has 2 aliphatic carbocycles. The number of fused-ring (bicyclic) bond motifs is 1. The largest absolute Gasteiger partial charge is 0.327 e. The Balaban J connectivity index is 1.69. The van der Waals surface area contributed by atoms with Gasteiger partial charge in [-0.15, -0.1) is 0 Å². The van der Waals surface area contributed by atoms with E-state index in [1.54, 1.807) is 0 Å². The standard InChI is InChI=1S/C9H16N2/c1-9(2-3-9)11-4-6-7(5-11)8(6)10/h6-8H,2-5,10H2,1H3. The van der Waals surface area contributed by atoms with E-state index in [0.29, 0.717) is 11.6 Å². The quantitative estimate of drug-likeness (QED) is 0.590. The van der Waals surface area contributed by atoms with Crippen LogP contribution < -0.4 is 5.73 Å². The van der Waals surface area contributed by atoms with Gasteiger partial charge in [0.1, 0.15) is 0 Å². The molecule has 2 atom stereocenters. The summed E-state index contributed by atoms with van der Waals surface area (Å²) in [5.74, 6) is 1.74. The van der Waals surface area contributed by atoms with Gasteiger partial charge >= 0.3 is 0 Å². The van der Waals surface area contributed by atoms with Crippen LogP contribution in [0.3, 0.4) is 0 Å². The SMILES string of the molecule is CC1(N2CC3C(N)C3C2)CC1. The molecule has 0 amide bonds. The van der Waals surface area contributed by atoms with E-state index in [9.17, 15) is 0 Å². The highest BCUT2D eigenvalue weighted by Gasteiger charge is 2.58. The van der Waals surface area contributed by atoms with Gasteiger partial charge in [0.2, 0.25) is 0 Å². The molecule has 2 heteroatoms. The smallest absolute Gasteiger partial charge is 0.0183 e. The topological polar surface area (TPSA) is 29.3 Å². The summed E-state index contributed by atoms with van der Waals surface area (Å²) >= 11 is 0. The molecular formula is C9H16N2. The fraction of sp³-hybridized carbons (Fsp3) is 1.00. The monoisotopic (exact) mass is 152 g/mol. The summed E-state index contributed by atoms with van der Waals surface area (Å²) in [7, 11) is 0. The molecule has 2 N–H and O–H groups in total. The Kier molecular flexibility index (Phi) is 0.961. The third-order valence-corrected chi connectivity index (χ3v) is 4.00. The summed E-state index contributed by atoms with van der Waals surface area (Å²) < 4.78 is 0. The lowest BCUT2D eigenvalue weighted by molar-refractivity contribution is 0.210. The van der Waals surface area contributed by atoms with Gasteiger partial charge in [-0.05, 0) is 31.6 Å². The van der Waals surface area contributed by atoms with Crippen LogP contribution in [0.25, 0.3) is 0 Å². The summed E-state index contributed by atoms with van der Waals surface area (Å²) in [5.41, 5.74) is 6.48. The molecule has 0 aromatic heterocycles. The molecule has 11 heavy (non-hydrogen) atoms. The molecule has 0 bridgehead atoms. The summed E-state index contributed by atoms with van der Waals surface area (Å²) in [6, 6.07) is 0.564. The van der Waals surface area contributed by atoms with Crippen LogP contribution in [0.4, 0.5) is 0 Å². The highest BCUT2D eigenvalue weighted by molar-refractivity contribution is 5.14. The van der Waals surface area contributed by atoms with Crippen molar-refractivity contribution in [3.63, 3.8) is 0 Å². The molecule has 0 radical (unpaired) electrons. The molecule has 62 valence electrons. The van der Waals surface area contributed by atoms with Gasteiger partial charge in [0, 0.05) is 24.7 Å². The number of rotatable bonds is 1. The van der Waals surface area contributed by atoms with E-state index in [4.69, 9.17) is 5.73 Å². The van der Waals surface area contributed by atoms with Crippen LogP contribution in [0.5, 0.6) is 0 Å². The van der Waals surface area contributed by atoms with E-state index in [1.165, 1.54) is 25.9 Å². The molecule has 2 saturated carbocycles. The van der Waals surface area contributed by atoms with Crippen molar-refractivity contribution < 1.29 is 0 Å². The van der Waals surface area contributed by atoms with Crippen molar-refractivity contribution in [2.45, 2.75) is 31.3 Å². The van der Waals surface area contributed by atoms with E-state index >= 15 is 0 Å². The second-order valence-electron chi connectivity index (χ2n) is 4.81. The molecule has 1 aliphatic heterocycles. The van der Waals surface area contributed by atoms with Crippen molar-refractivity contribution in [3.8, 4) is 0 Å². The summed E-state index contributed by atoms with van der Waals surface area (Å²) in [6.45, 7) is 4.98. The van der Waals surface area contributed by atoms with Crippen molar-refractivity contribution >= 4 is 0 Å². The molecule has 2 unspecified atom stereocenters. The minimum absolute atomic E-state index is 0.564. The average molecular weight is 152 g/mol. The Bertz CT molecular complexity index is 186. The van der Waals surface area contributed by atoms with Crippen LogP contribution in [0, 0.1) is 11.8 Å². The van der Waals surface area contributed by atoms with Gasteiger partial charge in [0.25, 0.3) is 0 Å². The third-order valence-electron chi connectivity index (χ3n) is 4.00. The lowest BCUT2D eigenvalue weighted by Gasteiger charge is -2.25. The minimum atomic E-state index is 0.564. The van der Waals surface area contributed by atoms with Crippen LogP contribution >= 0.6 is 0 Å². The molecule has 1 saturated heterocycles. The predicted molar refractivity (Wildman–Crippen MR) is 44.2 cm³/mol. The van der Waals surface area contributed by atoms with Crippen LogP contribution in [0.15, 0.2) is 0 Å². The van der Waals surface area contributed by atoms with Crippen molar-refractivity contribution in [3.05, 3.63) is 0 Å². The number of nitrogens with two attached hydrogens (primary N) is 1. The molecular weight excluding hydrogens is 136 g/mol. The molecule has 1 heterocycles. The number of piperidine rings is 1. The molecule has 2 nitrogen and oxygen atoms in total. The van der Waals surface area contributed by atoms with E-state index in [2.05, 4.69) is 11.8 Å². The highest BCUT2D eigenvalue weighted by Crippen LogP contribution is 2.51.